The quantitative estimate of drug-likeness (QED) is 0.255. The van der Waals surface area contributed by atoms with Gasteiger partial charge in [-0.1, -0.05) is 0 Å². The average molecular weight is 104 g/mol. The molecule has 0 aromatic rings. The first-order chi connectivity index (χ1) is 2.43. The van der Waals surface area contributed by atoms with Crippen LogP contribution in [0.25, 0.3) is 0 Å². The summed E-state index contributed by atoms with van der Waals surface area (Å²) in [6, 6.07) is 0. The van der Waals surface area contributed by atoms with Gasteiger partial charge in [-0.25, -0.2) is 0 Å². The van der Waals surface area contributed by atoms with Crippen molar-refractivity contribution < 1.29 is 0 Å². The zero-order chi connectivity index (χ0) is 3.70. The second-order valence-corrected chi connectivity index (χ2v) is 5.26. The molecule has 1 aliphatic rings. The topological polar surface area (TPSA) is 0 Å². The maximum absolute atomic E-state index is 2.27. The van der Waals surface area contributed by atoms with Crippen LogP contribution in [0.2, 0.25) is 6.82 Å². The Morgan fingerprint density at radius 1 is 2.00 bits per heavy atom. The first kappa shape index (κ1) is 3.94. The molecule has 0 spiro atoms. The first-order valence-corrected chi connectivity index (χ1v) is 4.52. The van der Waals surface area contributed by atoms with Gasteiger partial charge in [-0.05, 0) is 0 Å². The predicted molar refractivity (Wildman–Crippen MR) is 31.7 cm³/mol. The molecule has 1 fully saturated rings. The van der Waals surface area contributed by atoms with E-state index in [0.29, 0.717) is 0 Å². The normalized spacial score (nSPS) is 33.4. The van der Waals surface area contributed by atoms with Gasteiger partial charge in [-0.2, -0.15) is 0 Å². The molecular weight excluding hydrogens is 99.0 g/mol. The minimum atomic E-state index is 0.719. The third-order valence-corrected chi connectivity index (χ3v) is 3.65. The Bertz CT molecular complexity index is 62.0. The van der Waals surface area contributed by atoms with E-state index >= 15 is 0 Å². The Hall–Kier alpha value is 0.765. The molecule has 3 heteroatoms. The van der Waals surface area contributed by atoms with E-state index in [1.165, 1.54) is 5.08 Å². The van der Waals surface area contributed by atoms with Gasteiger partial charge in [0, 0.05) is 0 Å². The Morgan fingerprint density at radius 3 is 2.60 bits per heavy atom. The second-order valence-electron chi connectivity index (χ2n) is 0.852. The molecule has 1 aliphatic heterocycles. The molecule has 1 unspecified atom stereocenters. The molecule has 5 heavy (non-hydrogen) atoms. The third-order valence-electron chi connectivity index (χ3n) is 0.517. The van der Waals surface area contributed by atoms with Gasteiger partial charge in [0.05, 0.1) is 0 Å². The Kier molecular flexibility index (Phi) is 1.16. The molecule has 0 nitrogen and oxygen atoms in total. The predicted octanol–water partition coefficient (Wildman–Crippen LogP) is 1.54. The van der Waals surface area contributed by atoms with E-state index in [1.54, 1.807) is 0 Å². The Labute approximate surface area is 38.8 Å². The molecule has 0 radical (unpaired) electrons. The minimum absolute atomic E-state index is 0.719. The average Bonchev–Trinajstić information content (AvgIpc) is 2.12. The molecule has 1 atom stereocenters. The Morgan fingerprint density at radius 2 is 2.60 bits per heavy atom. The van der Waals surface area contributed by atoms with Crippen LogP contribution in [0.3, 0.4) is 0 Å². The molecular formula is C2H5BS2. The van der Waals surface area contributed by atoms with Crippen molar-refractivity contribution in [1.82, 2.24) is 0 Å². The molecule has 0 N–H and O–H groups in total. The van der Waals surface area contributed by atoms with E-state index in [0.717, 1.165) is 9.35 Å². The summed E-state index contributed by atoms with van der Waals surface area (Å²) in [6.07, 6.45) is 2.27. The molecule has 0 aromatic heterocycles. The molecule has 0 aromatic carbocycles. The van der Waals surface area contributed by atoms with E-state index in [9.17, 15) is 0 Å². The van der Waals surface area contributed by atoms with Crippen molar-refractivity contribution in [2.24, 2.45) is 0 Å². The van der Waals surface area contributed by atoms with Crippen molar-refractivity contribution in [3.05, 3.63) is 0 Å². The summed E-state index contributed by atoms with van der Waals surface area (Å²) in [7, 11) is 2.76. The molecule has 1 rings (SSSR count). The van der Waals surface area contributed by atoms with Gasteiger partial charge >= 0.3 is 38.2 Å². The van der Waals surface area contributed by atoms with Gasteiger partial charge in [-0.15, -0.1) is 0 Å². The van der Waals surface area contributed by atoms with E-state index in [-0.39, 0.29) is 0 Å². The fourth-order valence-electron chi connectivity index (χ4n) is 0.164. The van der Waals surface area contributed by atoms with Crippen molar-refractivity contribution >= 4 is 26.3 Å². The summed E-state index contributed by atoms with van der Waals surface area (Å²) in [4.78, 5) is 0. The standard InChI is InChI=1S/C2H5BS2/c1-3-5-2-4-5/h2H2,1H3. The van der Waals surface area contributed by atoms with Gasteiger partial charge < -0.3 is 0 Å². The zero-order valence-electron chi connectivity index (χ0n) is 3.10. The van der Waals surface area contributed by atoms with E-state index in [4.69, 9.17) is 0 Å². The molecule has 1 heterocycles. The molecule has 0 aliphatic carbocycles. The zero-order valence-corrected chi connectivity index (χ0v) is 4.73. The van der Waals surface area contributed by atoms with E-state index < -0.39 is 0 Å². The molecule has 0 bridgehead atoms. The van der Waals surface area contributed by atoms with Gasteiger partial charge in [-0.3, -0.25) is 0 Å². The third kappa shape index (κ3) is 1.10. The fourth-order valence-corrected chi connectivity index (χ4v) is 1.97. The van der Waals surface area contributed by atoms with E-state index in [2.05, 4.69) is 13.0 Å². The number of rotatable bonds is 0. The summed E-state index contributed by atoms with van der Waals surface area (Å²) in [6.45, 7) is 2.13. The summed E-state index contributed by atoms with van der Waals surface area (Å²) >= 11 is 0. The van der Waals surface area contributed by atoms with Gasteiger partial charge in [0.2, 0.25) is 0 Å². The molecule has 0 saturated carbocycles. The van der Waals surface area contributed by atoms with Crippen LogP contribution >= 0.6 is 20.1 Å². The summed E-state index contributed by atoms with van der Waals surface area (Å²) < 4.78 is 0. The van der Waals surface area contributed by atoms with E-state index in [1.807, 2.05) is 10.8 Å². The van der Waals surface area contributed by atoms with Gasteiger partial charge in [0.25, 0.3) is 0 Å². The number of hydrogen-bond donors (Lipinski definition) is 0. The first-order valence-electron chi connectivity index (χ1n) is 1.56. The van der Waals surface area contributed by atoms with Crippen LogP contribution in [0.5, 0.6) is 0 Å². The number of hydrogen-bond acceptors (Lipinski definition) is 1. The van der Waals surface area contributed by atoms with Crippen LogP contribution in [0.15, 0.2) is 0 Å². The molecule has 0 amide bonds. The van der Waals surface area contributed by atoms with Crippen LogP contribution in [0.4, 0.5) is 0 Å². The summed E-state index contributed by atoms with van der Waals surface area (Å²) in [5, 5.41) is 1.40. The van der Waals surface area contributed by atoms with Crippen LogP contribution in [0, 0.1) is 0 Å². The van der Waals surface area contributed by atoms with Crippen LogP contribution in [-0.4, -0.2) is 11.2 Å². The SMILES string of the molecule is CB=S1CS1. The maximum atomic E-state index is 2.27. The van der Waals surface area contributed by atoms with Crippen LogP contribution in [-0.2, 0) is 0 Å². The summed E-state index contributed by atoms with van der Waals surface area (Å²) in [5.74, 6) is 0. The van der Waals surface area contributed by atoms with Crippen LogP contribution in [0.1, 0.15) is 0 Å². The Balaban J connectivity index is 2.46. The summed E-state index contributed by atoms with van der Waals surface area (Å²) in [5.41, 5.74) is 0. The molecule has 1 saturated heterocycles. The van der Waals surface area contributed by atoms with Crippen molar-refractivity contribution in [1.29, 1.82) is 0 Å². The monoisotopic (exact) mass is 104 g/mol. The van der Waals surface area contributed by atoms with Crippen LogP contribution < -0.4 is 0 Å². The molecule has 28 valence electrons. The van der Waals surface area contributed by atoms with Gasteiger partial charge in [0.15, 0.2) is 0 Å². The van der Waals surface area contributed by atoms with Crippen molar-refractivity contribution in [2.75, 3.05) is 5.08 Å². The second kappa shape index (κ2) is 1.48. The van der Waals surface area contributed by atoms with Gasteiger partial charge in [0.1, 0.15) is 0 Å². The van der Waals surface area contributed by atoms with Crippen molar-refractivity contribution in [2.45, 2.75) is 6.82 Å². The van der Waals surface area contributed by atoms with Crippen molar-refractivity contribution in [3.63, 3.8) is 0 Å². The fraction of sp³-hybridized carbons (Fsp3) is 1.00. The van der Waals surface area contributed by atoms with Crippen molar-refractivity contribution in [3.8, 4) is 0 Å².